The van der Waals surface area contributed by atoms with Crippen LogP contribution < -0.4 is 5.32 Å². The van der Waals surface area contributed by atoms with Crippen LogP contribution in [0, 0.1) is 5.92 Å². The fourth-order valence-electron chi connectivity index (χ4n) is 3.16. The highest BCUT2D eigenvalue weighted by Crippen LogP contribution is 2.30. The number of benzene rings is 1. The Hall–Kier alpha value is -1.37. The molecular formula is C17H21ClN2O3S. The highest BCUT2D eigenvalue weighted by Gasteiger charge is 2.29. The van der Waals surface area contributed by atoms with E-state index in [1.165, 1.54) is 16.4 Å². The maximum absolute atomic E-state index is 12.7. The Morgan fingerprint density at radius 3 is 2.71 bits per heavy atom. The van der Waals surface area contributed by atoms with Crippen molar-refractivity contribution in [3.63, 3.8) is 0 Å². The molecule has 0 bridgehead atoms. The van der Waals surface area contributed by atoms with E-state index in [1.807, 2.05) is 0 Å². The predicted octanol–water partition coefficient (Wildman–Crippen LogP) is 3.42. The van der Waals surface area contributed by atoms with Crippen LogP contribution in [0.3, 0.4) is 0 Å². The second kappa shape index (κ2) is 7.25. The molecule has 2 aliphatic rings. The number of hydrogen-bond acceptors (Lipinski definition) is 3. The van der Waals surface area contributed by atoms with E-state index in [2.05, 4.69) is 17.5 Å². The molecule has 1 saturated heterocycles. The first-order valence-corrected chi connectivity index (χ1v) is 10.0. The van der Waals surface area contributed by atoms with Crippen LogP contribution in [0.15, 0.2) is 35.2 Å². The van der Waals surface area contributed by atoms with Crippen molar-refractivity contribution in [3.8, 4) is 0 Å². The number of rotatable bonds is 5. The monoisotopic (exact) mass is 368 g/mol. The molecule has 5 nitrogen and oxygen atoms in total. The van der Waals surface area contributed by atoms with Gasteiger partial charge in [0, 0.05) is 25.2 Å². The lowest BCUT2D eigenvalue weighted by Crippen LogP contribution is -2.28. The fraction of sp³-hybridized carbons (Fsp3) is 0.471. The summed E-state index contributed by atoms with van der Waals surface area (Å²) in [5.41, 5.74) is 0.462. The van der Waals surface area contributed by atoms with Crippen molar-refractivity contribution in [2.45, 2.75) is 37.0 Å². The number of anilines is 1. The van der Waals surface area contributed by atoms with E-state index in [4.69, 9.17) is 11.6 Å². The summed E-state index contributed by atoms with van der Waals surface area (Å²) in [5, 5.41) is 2.96. The highest BCUT2D eigenvalue weighted by atomic mass is 35.5. The molecule has 1 fully saturated rings. The zero-order valence-electron chi connectivity index (χ0n) is 13.4. The highest BCUT2D eigenvalue weighted by molar-refractivity contribution is 7.89. The number of sulfonamides is 1. The second-order valence-electron chi connectivity index (χ2n) is 6.27. The maximum atomic E-state index is 12.7. The van der Waals surface area contributed by atoms with Crippen molar-refractivity contribution >= 4 is 33.2 Å². The first-order chi connectivity index (χ1) is 11.5. The van der Waals surface area contributed by atoms with E-state index in [1.54, 1.807) is 6.07 Å². The zero-order valence-corrected chi connectivity index (χ0v) is 14.9. The Kier molecular flexibility index (Phi) is 5.27. The summed E-state index contributed by atoms with van der Waals surface area (Å²) in [5.74, 6) is 0.156. The normalized spacial score (nSPS) is 21.3. The van der Waals surface area contributed by atoms with Gasteiger partial charge in [-0.15, -0.1) is 0 Å². The Morgan fingerprint density at radius 1 is 1.29 bits per heavy atom. The van der Waals surface area contributed by atoms with Crippen LogP contribution in [0.5, 0.6) is 0 Å². The summed E-state index contributed by atoms with van der Waals surface area (Å²) in [6.45, 7) is 1.03. The summed E-state index contributed by atoms with van der Waals surface area (Å²) in [6, 6.07) is 4.61. The van der Waals surface area contributed by atoms with Gasteiger partial charge in [0.15, 0.2) is 0 Å². The third-order valence-electron chi connectivity index (χ3n) is 4.46. The molecule has 0 saturated carbocycles. The molecule has 1 heterocycles. The standard InChI is InChI=1S/C17H21ClN2O3S/c18-15-8-7-14(19-17(21)11-13-5-1-2-6-13)12-16(15)24(22,23)20-9-3-4-10-20/h1,5,7-8,12-13H,2-4,6,9-11H2,(H,19,21). The van der Waals surface area contributed by atoms with Gasteiger partial charge in [-0.25, -0.2) is 8.42 Å². The Morgan fingerprint density at radius 2 is 2.04 bits per heavy atom. The van der Waals surface area contributed by atoms with E-state index in [9.17, 15) is 13.2 Å². The van der Waals surface area contributed by atoms with Crippen molar-refractivity contribution in [2.24, 2.45) is 5.92 Å². The van der Waals surface area contributed by atoms with Crippen LogP contribution in [0.2, 0.25) is 5.02 Å². The largest absolute Gasteiger partial charge is 0.326 e. The van der Waals surface area contributed by atoms with Gasteiger partial charge in [-0.3, -0.25) is 4.79 Å². The molecule has 3 rings (SSSR count). The van der Waals surface area contributed by atoms with Gasteiger partial charge in [0.2, 0.25) is 15.9 Å². The molecule has 1 aromatic rings. The first kappa shape index (κ1) is 17.5. The summed E-state index contributed by atoms with van der Waals surface area (Å²) in [4.78, 5) is 12.2. The Bertz CT molecular complexity index is 755. The zero-order chi connectivity index (χ0) is 17.2. The van der Waals surface area contributed by atoms with Crippen LogP contribution in [-0.2, 0) is 14.8 Å². The molecule has 1 aliphatic carbocycles. The van der Waals surface area contributed by atoms with E-state index in [0.717, 1.165) is 25.7 Å². The van der Waals surface area contributed by atoms with Gasteiger partial charge in [0.1, 0.15) is 4.90 Å². The van der Waals surface area contributed by atoms with Crippen molar-refractivity contribution in [3.05, 3.63) is 35.4 Å². The third-order valence-corrected chi connectivity index (χ3v) is 6.84. The van der Waals surface area contributed by atoms with Gasteiger partial charge in [-0.05, 0) is 49.8 Å². The SMILES string of the molecule is O=C(CC1C=CCC1)Nc1ccc(Cl)c(S(=O)(=O)N2CCCC2)c1. The van der Waals surface area contributed by atoms with E-state index in [-0.39, 0.29) is 21.7 Å². The summed E-state index contributed by atoms with van der Waals surface area (Å²) >= 11 is 6.11. The maximum Gasteiger partial charge on any atom is 0.244 e. The first-order valence-electron chi connectivity index (χ1n) is 8.23. The third kappa shape index (κ3) is 3.82. The van der Waals surface area contributed by atoms with Crippen molar-refractivity contribution in [1.29, 1.82) is 0 Å². The molecule has 130 valence electrons. The average Bonchev–Trinajstić information content (AvgIpc) is 3.22. The van der Waals surface area contributed by atoms with Crippen LogP contribution in [0.25, 0.3) is 0 Å². The van der Waals surface area contributed by atoms with Crippen LogP contribution in [0.4, 0.5) is 5.69 Å². The number of carbonyl (C=O) groups excluding carboxylic acids is 1. The molecule has 1 N–H and O–H groups in total. The van der Waals surface area contributed by atoms with E-state index < -0.39 is 10.0 Å². The minimum Gasteiger partial charge on any atom is -0.326 e. The van der Waals surface area contributed by atoms with Gasteiger partial charge in [-0.1, -0.05) is 23.8 Å². The molecule has 0 aromatic heterocycles. The van der Waals surface area contributed by atoms with E-state index in [0.29, 0.717) is 25.2 Å². The molecule has 1 unspecified atom stereocenters. The van der Waals surface area contributed by atoms with Crippen molar-refractivity contribution < 1.29 is 13.2 Å². The quantitative estimate of drug-likeness (QED) is 0.810. The minimum atomic E-state index is -3.61. The van der Waals surface area contributed by atoms with Gasteiger partial charge in [0.25, 0.3) is 0 Å². The number of amides is 1. The van der Waals surface area contributed by atoms with Gasteiger partial charge < -0.3 is 5.32 Å². The van der Waals surface area contributed by atoms with Crippen LogP contribution >= 0.6 is 11.6 Å². The van der Waals surface area contributed by atoms with Gasteiger partial charge in [-0.2, -0.15) is 4.31 Å². The number of halogens is 1. The van der Waals surface area contributed by atoms with Gasteiger partial charge >= 0.3 is 0 Å². The lowest BCUT2D eigenvalue weighted by atomic mass is 10.1. The molecule has 1 atom stereocenters. The minimum absolute atomic E-state index is 0.0598. The molecule has 1 aromatic carbocycles. The van der Waals surface area contributed by atoms with Crippen LogP contribution in [0.1, 0.15) is 32.1 Å². The lowest BCUT2D eigenvalue weighted by molar-refractivity contribution is -0.116. The molecule has 24 heavy (non-hydrogen) atoms. The number of nitrogens with zero attached hydrogens (tertiary/aromatic N) is 1. The van der Waals surface area contributed by atoms with E-state index >= 15 is 0 Å². The molecular weight excluding hydrogens is 348 g/mol. The predicted molar refractivity (Wildman–Crippen MR) is 94.6 cm³/mol. The number of carbonyl (C=O) groups is 1. The molecule has 0 spiro atoms. The molecule has 7 heteroatoms. The summed E-state index contributed by atoms with van der Waals surface area (Å²) in [6.07, 6.45) is 8.28. The Labute approximate surface area is 147 Å². The topological polar surface area (TPSA) is 66.5 Å². The molecule has 1 aliphatic heterocycles. The average molecular weight is 369 g/mol. The molecule has 0 radical (unpaired) electrons. The number of hydrogen-bond donors (Lipinski definition) is 1. The number of nitrogens with one attached hydrogen (secondary N) is 1. The van der Waals surface area contributed by atoms with Crippen molar-refractivity contribution in [1.82, 2.24) is 4.31 Å². The number of allylic oxidation sites excluding steroid dienone is 2. The summed E-state index contributed by atoms with van der Waals surface area (Å²) in [7, 11) is -3.61. The molecule has 1 amide bonds. The lowest BCUT2D eigenvalue weighted by Gasteiger charge is -2.17. The Balaban J connectivity index is 1.76. The smallest absolute Gasteiger partial charge is 0.244 e. The van der Waals surface area contributed by atoms with Crippen LogP contribution in [-0.4, -0.2) is 31.7 Å². The second-order valence-corrected chi connectivity index (χ2v) is 8.59. The van der Waals surface area contributed by atoms with Gasteiger partial charge in [0.05, 0.1) is 5.02 Å². The summed E-state index contributed by atoms with van der Waals surface area (Å²) < 4.78 is 26.8. The van der Waals surface area contributed by atoms with Crippen molar-refractivity contribution in [2.75, 3.05) is 18.4 Å². The fourth-order valence-corrected chi connectivity index (χ4v) is 5.18.